The maximum absolute atomic E-state index is 6.24. The van der Waals surface area contributed by atoms with Crippen LogP contribution in [0.25, 0.3) is 0 Å². The largest absolute Gasteiger partial charge is 0.354 e. The predicted molar refractivity (Wildman–Crippen MR) is 80.9 cm³/mol. The first-order valence-corrected chi connectivity index (χ1v) is 7.75. The van der Waals surface area contributed by atoms with Crippen molar-refractivity contribution < 1.29 is 0 Å². The van der Waals surface area contributed by atoms with Gasteiger partial charge in [0.25, 0.3) is 0 Å². The quantitative estimate of drug-likeness (QED) is 0.778. The summed E-state index contributed by atoms with van der Waals surface area (Å²) in [6.07, 6.45) is 2.91. The molecule has 0 N–H and O–H groups in total. The molecule has 1 saturated heterocycles. The third-order valence-corrected chi connectivity index (χ3v) is 3.96. The van der Waals surface area contributed by atoms with Gasteiger partial charge < -0.3 is 9.80 Å². The standard InChI is InChI=1S/C12H16BrCl2N3/c13-10-8-11(15)12(16-9-10)18-4-1-3-17(5-2-14)6-7-18/h8-9H,1-7H2. The minimum Gasteiger partial charge on any atom is -0.354 e. The van der Waals surface area contributed by atoms with Crippen molar-refractivity contribution in [1.29, 1.82) is 0 Å². The van der Waals surface area contributed by atoms with Crippen molar-refractivity contribution in [3.8, 4) is 0 Å². The van der Waals surface area contributed by atoms with Crippen LogP contribution in [0.1, 0.15) is 6.42 Å². The smallest absolute Gasteiger partial charge is 0.147 e. The van der Waals surface area contributed by atoms with Crippen LogP contribution in [0.2, 0.25) is 5.02 Å². The van der Waals surface area contributed by atoms with Crippen LogP contribution >= 0.6 is 39.1 Å². The van der Waals surface area contributed by atoms with Crippen molar-refractivity contribution in [1.82, 2.24) is 9.88 Å². The third kappa shape index (κ3) is 3.73. The van der Waals surface area contributed by atoms with E-state index in [1.807, 2.05) is 6.07 Å². The van der Waals surface area contributed by atoms with Crippen molar-refractivity contribution in [2.75, 3.05) is 43.5 Å². The van der Waals surface area contributed by atoms with Gasteiger partial charge in [-0.2, -0.15) is 0 Å². The highest BCUT2D eigenvalue weighted by molar-refractivity contribution is 9.10. The molecule has 0 aromatic carbocycles. The first-order valence-electron chi connectivity index (χ1n) is 6.05. The minimum absolute atomic E-state index is 0.692. The molecule has 18 heavy (non-hydrogen) atoms. The van der Waals surface area contributed by atoms with Crippen molar-refractivity contribution in [3.05, 3.63) is 21.8 Å². The van der Waals surface area contributed by atoms with Gasteiger partial charge in [0.15, 0.2) is 0 Å². The molecule has 2 rings (SSSR count). The number of aromatic nitrogens is 1. The molecule has 1 aromatic heterocycles. The first-order chi connectivity index (χ1) is 8.70. The van der Waals surface area contributed by atoms with Gasteiger partial charge in [-0.3, -0.25) is 0 Å². The molecule has 0 amide bonds. The van der Waals surface area contributed by atoms with Gasteiger partial charge in [0, 0.05) is 42.7 Å². The predicted octanol–water partition coefficient (Wildman–Crippen LogP) is 3.25. The summed E-state index contributed by atoms with van der Waals surface area (Å²) in [5.74, 6) is 1.57. The molecule has 0 atom stereocenters. The van der Waals surface area contributed by atoms with Crippen LogP contribution in [0, 0.1) is 0 Å². The Morgan fingerprint density at radius 1 is 1.28 bits per heavy atom. The summed E-state index contributed by atoms with van der Waals surface area (Å²) in [6.45, 7) is 5.01. The number of pyridine rings is 1. The van der Waals surface area contributed by atoms with Gasteiger partial charge in [0.2, 0.25) is 0 Å². The van der Waals surface area contributed by atoms with Gasteiger partial charge in [-0.1, -0.05) is 11.6 Å². The van der Waals surface area contributed by atoms with Gasteiger partial charge in [-0.15, -0.1) is 11.6 Å². The highest BCUT2D eigenvalue weighted by atomic mass is 79.9. The van der Waals surface area contributed by atoms with E-state index in [1.165, 1.54) is 0 Å². The molecule has 0 radical (unpaired) electrons. The van der Waals surface area contributed by atoms with Gasteiger partial charge in [-0.25, -0.2) is 4.98 Å². The summed E-state index contributed by atoms with van der Waals surface area (Å²) < 4.78 is 0.912. The average Bonchev–Trinajstić information content (AvgIpc) is 2.55. The summed E-state index contributed by atoms with van der Waals surface area (Å²) in [5.41, 5.74) is 0. The van der Waals surface area contributed by atoms with E-state index in [-0.39, 0.29) is 0 Å². The minimum atomic E-state index is 0.692. The van der Waals surface area contributed by atoms with E-state index in [0.29, 0.717) is 10.9 Å². The number of anilines is 1. The Morgan fingerprint density at radius 3 is 2.83 bits per heavy atom. The molecular weight excluding hydrogens is 337 g/mol. The fourth-order valence-electron chi connectivity index (χ4n) is 2.17. The van der Waals surface area contributed by atoms with Crippen molar-refractivity contribution in [3.63, 3.8) is 0 Å². The zero-order valence-corrected chi connectivity index (χ0v) is 13.2. The van der Waals surface area contributed by atoms with Crippen LogP contribution in [0.15, 0.2) is 16.7 Å². The molecular formula is C12H16BrCl2N3. The lowest BCUT2D eigenvalue weighted by molar-refractivity contribution is 0.311. The SMILES string of the molecule is ClCCN1CCCN(c2ncc(Br)cc2Cl)CC1. The zero-order chi connectivity index (χ0) is 13.0. The zero-order valence-electron chi connectivity index (χ0n) is 10.1. The Hall–Kier alpha value is -0.0300. The number of halogens is 3. The van der Waals surface area contributed by atoms with Crippen LogP contribution in [-0.2, 0) is 0 Å². The molecule has 0 spiro atoms. The van der Waals surface area contributed by atoms with Gasteiger partial charge in [0.1, 0.15) is 5.82 Å². The lowest BCUT2D eigenvalue weighted by Crippen LogP contribution is -2.32. The maximum atomic E-state index is 6.24. The molecule has 6 heteroatoms. The van der Waals surface area contributed by atoms with E-state index in [4.69, 9.17) is 23.2 Å². The molecule has 1 fully saturated rings. The van der Waals surface area contributed by atoms with Crippen LogP contribution in [0.5, 0.6) is 0 Å². The second kappa shape index (κ2) is 6.94. The van der Waals surface area contributed by atoms with Gasteiger partial charge >= 0.3 is 0 Å². The van der Waals surface area contributed by atoms with E-state index in [0.717, 1.165) is 49.4 Å². The van der Waals surface area contributed by atoms with E-state index in [9.17, 15) is 0 Å². The summed E-state index contributed by atoms with van der Waals surface area (Å²) in [5, 5.41) is 0.704. The van der Waals surface area contributed by atoms with E-state index in [2.05, 4.69) is 30.7 Å². The molecule has 0 bridgehead atoms. The second-order valence-corrected chi connectivity index (χ2v) is 6.03. The second-order valence-electron chi connectivity index (χ2n) is 4.33. The number of alkyl halides is 1. The number of rotatable bonds is 3. The molecule has 2 heterocycles. The Bertz CT molecular complexity index is 403. The summed E-state index contributed by atoms with van der Waals surface area (Å²) in [6, 6.07) is 1.89. The number of hydrogen-bond acceptors (Lipinski definition) is 3. The topological polar surface area (TPSA) is 19.4 Å². The summed E-state index contributed by atoms with van der Waals surface area (Å²) in [4.78, 5) is 9.06. The third-order valence-electron chi connectivity index (χ3n) is 3.08. The van der Waals surface area contributed by atoms with Crippen LogP contribution in [0.3, 0.4) is 0 Å². The van der Waals surface area contributed by atoms with E-state index >= 15 is 0 Å². The maximum Gasteiger partial charge on any atom is 0.147 e. The first kappa shape index (κ1) is 14.4. The lowest BCUT2D eigenvalue weighted by Gasteiger charge is -2.23. The van der Waals surface area contributed by atoms with Crippen molar-refractivity contribution in [2.24, 2.45) is 0 Å². The fraction of sp³-hybridized carbons (Fsp3) is 0.583. The van der Waals surface area contributed by atoms with E-state index < -0.39 is 0 Å². The fourth-order valence-corrected chi connectivity index (χ4v) is 3.15. The van der Waals surface area contributed by atoms with Gasteiger partial charge in [0.05, 0.1) is 5.02 Å². The highest BCUT2D eigenvalue weighted by Crippen LogP contribution is 2.26. The molecule has 100 valence electrons. The van der Waals surface area contributed by atoms with Crippen LogP contribution < -0.4 is 4.90 Å². The number of nitrogens with zero attached hydrogens (tertiary/aromatic N) is 3. The Kier molecular flexibility index (Phi) is 5.55. The molecule has 3 nitrogen and oxygen atoms in total. The average molecular weight is 353 g/mol. The molecule has 1 aliphatic heterocycles. The normalized spacial score (nSPS) is 17.8. The Labute approximate surface area is 126 Å². The lowest BCUT2D eigenvalue weighted by atomic mass is 10.3. The molecule has 1 aliphatic rings. The monoisotopic (exact) mass is 351 g/mol. The van der Waals surface area contributed by atoms with E-state index in [1.54, 1.807) is 6.20 Å². The summed E-state index contributed by atoms with van der Waals surface area (Å²) >= 11 is 15.4. The number of hydrogen-bond donors (Lipinski definition) is 0. The Balaban J connectivity index is 2.05. The molecule has 1 aromatic rings. The molecule has 0 saturated carbocycles. The summed E-state index contributed by atoms with van der Waals surface area (Å²) in [7, 11) is 0. The molecule has 0 aliphatic carbocycles. The van der Waals surface area contributed by atoms with Crippen molar-refractivity contribution >= 4 is 44.9 Å². The van der Waals surface area contributed by atoms with Crippen LogP contribution in [-0.4, -0.2) is 48.5 Å². The Morgan fingerprint density at radius 2 is 2.11 bits per heavy atom. The highest BCUT2D eigenvalue weighted by Gasteiger charge is 2.17. The van der Waals surface area contributed by atoms with Gasteiger partial charge in [-0.05, 0) is 35.0 Å². The molecule has 0 unspecified atom stereocenters. The van der Waals surface area contributed by atoms with Crippen molar-refractivity contribution in [2.45, 2.75) is 6.42 Å². The van der Waals surface area contributed by atoms with Crippen LogP contribution in [0.4, 0.5) is 5.82 Å².